The molecule has 2 N–H and O–H groups in total. The number of benzene rings is 1. The third-order valence-electron chi connectivity index (χ3n) is 4.16. The van der Waals surface area contributed by atoms with Gasteiger partial charge in [-0.2, -0.15) is 0 Å². The van der Waals surface area contributed by atoms with E-state index in [4.69, 9.17) is 5.73 Å². The first kappa shape index (κ1) is 17.0. The number of nitrogens with zero attached hydrogens (tertiary/aromatic N) is 4. The first-order valence-corrected chi connectivity index (χ1v) is 8.34. The highest BCUT2D eigenvalue weighted by Crippen LogP contribution is 2.19. The van der Waals surface area contributed by atoms with Crippen molar-refractivity contribution in [2.75, 3.05) is 11.4 Å². The lowest BCUT2D eigenvalue weighted by atomic mass is 10.2. The van der Waals surface area contributed by atoms with E-state index in [-0.39, 0.29) is 5.91 Å². The number of hydrogen-bond acceptors (Lipinski definition) is 4. The molecule has 0 aliphatic heterocycles. The van der Waals surface area contributed by atoms with Crippen molar-refractivity contribution in [1.29, 1.82) is 0 Å². The smallest absolute Gasteiger partial charge is 0.234 e. The molecule has 1 amide bonds. The molecule has 0 unspecified atom stereocenters. The van der Waals surface area contributed by atoms with Gasteiger partial charge >= 0.3 is 0 Å². The van der Waals surface area contributed by atoms with Crippen molar-refractivity contribution < 1.29 is 4.79 Å². The number of primary amides is 1. The van der Waals surface area contributed by atoms with E-state index in [0.717, 1.165) is 22.8 Å². The lowest BCUT2D eigenvalue weighted by Gasteiger charge is -2.23. The topological polar surface area (TPSA) is 76.5 Å². The van der Waals surface area contributed by atoms with Gasteiger partial charge in [0.15, 0.2) is 0 Å². The first-order valence-electron chi connectivity index (χ1n) is 8.34. The Balaban J connectivity index is 1.91. The number of carbonyl (C=O) groups is 1. The third kappa shape index (κ3) is 3.96. The number of anilines is 1. The molecule has 6 heteroatoms. The van der Waals surface area contributed by atoms with Gasteiger partial charge in [-0.25, -0.2) is 9.97 Å². The molecule has 1 aromatic carbocycles. The highest BCUT2D eigenvalue weighted by atomic mass is 16.1. The summed E-state index contributed by atoms with van der Waals surface area (Å²) in [5.74, 6) is 0.396. The standard InChI is InChI=1S/C19H23N5O/c1-13-5-4-6-17(9-13)23(8-7-18(20)25)11-16-12-24-15(3)10-14(2)21-19(24)22-16/h4-6,9-10,12H,7-8,11H2,1-3H3,(H2,20,25). The zero-order valence-corrected chi connectivity index (χ0v) is 14.9. The fourth-order valence-electron chi connectivity index (χ4n) is 2.96. The van der Waals surface area contributed by atoms with Crippen LogP contribution in [0.2, 0.25) is 0 Å². The molecule has 6 nitrogen and oxygen atoms in total. The number of hydrogen-bond donors (Lipinski definition) is 1. The largest absolute Gasteiger partial charge is 0.370 e. The van der Waals surface area contributed by atoms with Crippen LogP contribution in [0.15, 0.2) is 36.5 Å². The Hall–Kier alpha value is -2.89. The summed E-state index contributed by atoms with van der Waals surface area (Å²) in [4.78, 5) is 22.5. The minimum Gasteiger partial charge on any atom is -0.370 e. The second-order valence-corrected chi connectivity index (χ2v) is 6.42. The molecule has 0 aliphatic rings. The molecule has 3 aromatic rings. The van der Waals surface area contributed by atoms with Gasteiger partial charge in [-0.3, -0.25) is 9.20 Å². The SMILES string of the molecule is Cc1cccc(N(CCC(N)=O)Cc2cn3c(C)cc(C)nc3n2)c1. The number of aromatic nitrogens is 3. The number of fused-ring (bicyclic) bond motifs is 1. The maximum atomic E-state index is 11.2. The van der Waals surface area contributed by atoms with E-state index in [9.17, 15) is 4.79 Å². The van der Waals surface area contributed by atoms with Gasteiger partial charge in [0.25, 0.3) is 0 Å². The normalized spacial score (nSPS) is 11.0. The fourth-order valence-corrected chi connectivity index (χ4v) is 2.96. The van der Waals surface area contributed by atoms with Crippen LogP contribution in [0.1, 0.15) is 29.1 Å². The van der Waals surface area contributed by atoms with E-state index >= 15 is 0 Å². The molecule has 0 saturated heterocycles. The van der Waals surface area contributed by atoms with Crippen molar-refractivity contribution >= 4 is 17.4 Å². The van der Waals surface area contributed by atoms with Crippen molar-refractivity contribution in [2.24, 2.45) is 5.73 Å². The second kappa shape index (κ2) is 6.93. The third-order valence-corrected chi connectivity index (χ3v) is 4.16. The number of carbonyl (C=O) groups excluding carboxylic acids is 1. The van der Waals surface area contributed by atoms with Crippen LogP contribution >= 0.6 is 0 Å². The summed E-state index contributed by atoms with van der Waals surface area (Å²) in [5, 5.41) is 0. The van der Waals surface area contributed by atoms with Crippen molar-refractivity contribution in [3.63, 3.8) is 0 Å². The van der Waals surface area contributed by atoms with Gasteiger partial charge in [0, 0.05) is 36.2 Å². The Morgan fingerprint density at radius 1 is 1.20 bits per heavy atom. The van der Waals surface area contributed by atoms with E-state index in [2.05, 4.69) is 33.9 Å². The Morgan fingerprint density at radius 3 is 2.72 bits per heavy atom. The number of imidazole rings is 1. The zero-order chi connectivity index (χ0) is 18.0. The Kier molecular flexibility index (Phi) is 4.70. The lowest BCUT2D eigenvalue weighted by Crippen LogP contribution is -2.27. The van der Waals surface area contributed by atoms with Crippen LogP contribution < -0.4 is 10.6 Å². The van der Waals surface area contributed by atoms with E-state index in [1.54, 1.807) is 0 Å². The summed E-state index contributed by atoms with van der Waals surface area (Å²) in [6.07, 6.45) is 2.31. The van der Waals surface area contributed by atoms with Crippen molar-refractivity contribution in [3.05, 3.63) is 59.2 Å². The number of aryl methyl sites for hydroxylation is 3. The maximum Gasteiger partial charge on any atom is 0.234 e. The van der Waals surface area contributed by atoms with Gasteiger partial charge in [-0.05, 0) is 44.5 Å². The predicted octanol–water partition coefficient (Wildman–Crippen LogP) is 2.54. The van der Waals surface area contributed by atoms with Crippen LogP contribution in [-0.4, -0.2) is 26.8 Å². The molecule has 130 valence electrons. The number of rotatable bonds is 6. The molecular formula is C19H23N5O. The van der Waals surface area contributed by atoms with Gasteiger partial charge in [-0.15, -0.1) is 0 Å². The quantitative estimate of drug-likeness (QED) is 0.750. The van der Waals surface area contributed by atoms with Crippen molar-refractivity contribution in [3.8, 4) is 0 Å². The summed E-state index contributed by atoms with van der Waals surface area (Å²) < 4.78 is 1.99. The zero-order valence-electron chi connectivity index (χ0n) is 14.9. The van der Waals surface area contributed by atoms with Crippen LogP contribution in [0, 0.1) is 20.8 Å². The maximum absolute atomic E-state index is 11.2. The summed E-state index contributed by atoms with van der Waals surface area (Å²) in [6.45, 7) is 7.21. The number of nitrogens with two attached hydrogens (primary N) is 1. The van der Waals surface area contributed by atoms with Gasteiger partial charge in [-0.1, -0.05) is 12.1 Å². The molecule has 0 aliphatic carbocycles. The van der Waals surface area contributed by atoms with Gasteiger partial charge in [0.2, 0.25) is 11.7 Å². The molecule has 25 heavy (non-hydrogen) atoms. The lowest BCUT2D eigenvalue weighted by molar-refractivity contribution is -0.117. The number of amides is 1. The first-order chi connectivity index (χ1) is 11.9. The highest BCUT2D eigenvalue weighted by Gasteiger charge is 2.13. The average molecular weight is 337 g/mol. The summed E-state index contributed by atoms with van der Waals surface area (Å²) >= 11 is 0. The Morgan fingerprint density at radius 2 is 2.00 bits per heavy atom. The summed E-state index contributed by atoms with van der Waals surface area (Å²) in [7, 11) is 0. The molecule has 0 atom stereocenters. The minimum absolute atomic E-state index is 0.303. The van der Waals surface area contributed by atoms with Gasteiger partial charge in [0.1, 0.15) is 0 Å². The van der Waals surface area contributed by atoms with Gasteiger partial charge in [0.05, 0.1) is 12.2 Å². The van der Waals surface area contributed by atoms with Crippen LogP contribution in [0.5, 0.6) is 0 Å². The van der Waals surface area contributed by atoms with Crippen molar-refractivity contribution in [2.45, 2.75) is 33.7 Å². The minimum atomic E-state index is -0.305. The second-order valence-electron chi connectivity index (χ2n) is 6.42. The van der Waals surface area contributed by atoms with E-state index in [1.807, 2.05) is 42.6 Å². The van der Waals surface area contributed by atoms with Crippen molar-refractivity contribution in [1.82, 2.24) is 14.4 Å². The fraction of sp³-hybridized carbons (Fsp3) is 0.316. The molecule has 0 saturated carbocycles. The molecule has 2 heterocycles. The molecule has 2 aromatic heterocycles. The molecule has 0 spiro atoms. The highest BCUT2D eigenvalue weighted by molar-refractivity contribution is 5.74. The molecular weight excluding hydrogens is 314 g/mol. The predicted molar refractivity (Wildman–Crippen MR) is 98.5 cm³/mol. The van der Waals surface area contributed by atoms with Gasteiger partial charge < -0.3 is 10.6 Å². The average Bonchev–Trinajstić information content (AvgIpc) is 2.94. The molecule has 0 fully saturated rings. The van der Waals surface area contributed by atoms with Crippen LogP contribution in [-0.2, 0) is 11.3 Å². The van der Waals surface area contributed by atoms with E-state index in [0.29, 0.717) is 25.3 Å². The van der Waals surface area contributed by atoms with Crippen LogP contribution in [0.25, 0.3) is 5.78 Å². The van der Waals surface area contributed by atoms with Crippen LogP contribution in [0.4, 0.5) is 5.69 Å². The molecule has 0 radical (unpaired) electrons. The summed E-state index contributed by atoms with van der Waals surface area (Å²) in [5.41, 5.74) is 10.5. The Bertz CT molecular complexity index is 915. The Labute approximate surface area is 147 Å². The monoisotopic (exact) mass is 337 g/mol. The molecule has 0 bridgehead atoms. The van der Waals surface area contributed by atoms with E-state index in [1.165, 1.54) is 5.56 Å². The summed E-state index contributed by atoms with van der Waals surface area (Å²) in [6, 6.07) is 10.2. The molecule has 3 rings (SSSR count). The van der Waals surface area contributed by atoms with E-state index < -0.39 is 0 Å². The van der Waals surface area contributed by atoms with Crippen LogP contribution in [0.3, 0.4) is 0 Å².